The van der Waals surface area contributed by atoms with Gasteiger partial charge in [-0.2, -0.15) is 0 Å². The Labute approximate surface area is 334 Å². The molecule has 7 rings (SSSR count). The largest absolute Gasteiger partial charge is 1.00 e. The summed E-state index contributed by atoms with van der Waals surface area (Å²) in [5.74, 6) is 1.26. The topological polar surface area (TPSA) is 71.1 Å². The van der Waals surface area contributed by atoms with Crippen LogP contribution in [0.25, 0.3) is 0 Å². The lowest BCUT2D eigenvalue weighted by atomic mass is 9.40. The second-order valence-electron chi connectivity index (χ2n) is 17.2. The Hall–Kier alpha value is -2.41. The van der Waals surface area contributed by atoms with Crippen LogP contribution in [0.5, 0.6) is 0 Å². The standard InChI is InChI=1S/C46H60O6P.BrH/c1-43-24-20-40-44(2)22-13-23-45(3,39(44)21-25-46(40,35-43)34-41(43)47)42(48)52-31-30-50-27-26-49-28-29-51-32-33-53(36-14-7-4-8-15-36,37-16-9-5-10-17-37)38-18-11-6-12-19-38;/h4-12,14-19,39-40H,13,20-35H2,1-3H3;1H/q+1;/p-1/t39-,40-,43-,44+,45+,46-;/m0./s1. The molecule has 0 heterocycles. The SMILES string of the molecule is C[C@@]12CC[C@@H]3[C@@](CC[C@H]4[C@@]3(C)CCC[C@@]4(C)C(=O)OCCOCCOCCOCC[P+](c3ccccc3)(c3ccccc3)c3ccccc3)(CC1=O)C2.[Br-]. The van der Waals surface area contributed by atoms with Gasteiger partial charge in [0, 0.05) is 11.8 Å². The van der Waals surface area contributed by atoms with Gasteiger partial charge in [-0.25, -0.2) is 0 Å². The minimum Gasteiger partial charge on any atom is -1.00 e. The van der Waals surface area contributed by atoms with E-state index >= 15 is 0 Å². The van der Waals surface area contributed by atoms with Gasteiger partial charge < -0.3 is 35.9 Å². The molecule has 8 heteroatoms. The summed E-state index contributed by atoms with van der Waals surface area (Å²) in [6.07, 6.45) is 10.0. The third kappa shape index (κ3) is 7.79. The van der Waals surface area contributed by atoms with E-state index in [2.05, 4.69) is 112 Å². The molecule has 0 amide bonds. The van der Waals surface area contributed by atoms with Crippen LogP contribution in [-0.2, 0) is 28.5 Å². The Morgan fingerprint density at radius 3 is 1.70 bits per heavy atom. The Morgan fingerprint density at radius 1 is 0.648 bits per heavy atom. The first-order valence-corrected chi connectivity index (χ1v) is 22.1. The maximum absolute atomic E-state index is 13.7. The Balaban J connectivity index is 0.00000497. The third-order valence-corrected chi connectivity index (χ3v) is 18.6. The van der Waals surface area contributed by atoms with Gasteiger partial charge in [0.2, 0.25) is 0 Å². The Bertz CT molecular complexity index is 1590. The average Bonchev–Trinajstić information content (AvgIpc) is 3.36. The molecule has 54 heavy (non-hydrogen) atoms. The second-order valence-corrected chi connectivity index (χ2v) is 20.8. The number of hydrogen-bond acceptors (Lipinski definition) is 6. The van der Waals surface area contributed by atoms with E-state index in [1.54, 1.807) is 0 Å². The molecule has 4 aliphatic carbocycles. The van der Waals surface area contributed by atoms with Crippen LogP contribution in [0.4, 0.5) is 0 Å². The highest BCUT2D eigenvalue weighted by atomic mass is 79.9. The number of esters is 1. The van der Waals surface area contributed by atoms with Crippen LogP contribution in [0.1, 0.15) is 78.6 Å². The molecule has 0 saturated heterocycles. The van der Waals surface area contributed by atoms with Gasteiger partial charge in [0.1, 0.15) is 35.6 Å². The van der Waals surface area contributed by atoms with Crippen LogP contribution >= 0.6 is 7.26 Å². The van der Waals surface area contributed by atoms with E-state index in [9.17, 15) is 9.59 Å². The molecule has 3 aromatic carbocycles. The number of ether oxygens (including phenoxy) is 4. The first kappa shape index (κ1) is 41.2. The van der Waals surface area contributed by atoms with Crippen LogP contribution in [0.15, 0.2) is 91.0 Å². The van der Waals surface area contributed by atoms with Crippen molar-refractivity contribution in [2.75, 3.05) is 52.4 Å². The number of Topliss-reactive ketones (excluding diaryl/α,β-unsaturated/α-hetero) is 1. The number of fused-ring (bicyclic) bond motifs is 3. The number of ketones is 1. The number of carbonyl (C=O) groups excluding carboxylic acids is 2. The maximum Gasteiger partial charge on any atom is 0.312 e. The third-order valence-electron chi connectivity index (χ3n) is 14.2. The summed E-state index contributed by atoms with van der Waals surface area (Å²) in [6.45, 7) is 10.0. The summed E-state index contributed by atoms with van der Waals surface area (Å²) in [5, 5.41) is 4.08. The molecule has 2 bridgehead atoms. The molecule has 0 radical (unpaired) electrons. The number of hydrogen-bond donors (Lipinski definition) is 0. The molecule has 4 saturated carbocycles. The van der Waals surface area contributed by atoms with E-state index < -0.39 is 12.7 Å². The van der Waals surface area contributed by atoms with Crippen LogP contribution in [0.2, 0.25) is 0 Å². The first-order valence-electron chi connectivity index (χ1n) is 20.2. The predicted octanol–water partition coefficient (Wildman–Crippen LogP) is 4.95. The summed E-state index contributed by atoms with van der Waals surface area (Å²) in [4.78, 5) is 26.8. The maximum atomic E-state index is 13.7. The van der Waals surface area contributed by atoms with Gasteiger partial charge in [-0.1, -0.05) is 74.9 Å². The lowest BCUT2D eigenvalue weighted by molar-refractivity contribution is -0.188. The summed E-state index contributed by atoms with van der Waals surface area (Å²) in [6, 6.07) is 32.6. The smallest absolute Gasteiger partial charge is 0.312 e. The Morgan fingerprint density at radius 2 is 1.15 bits per heavy atom. The van der Waals surface area contributed by atoms with Crippen molar-refractivity contribution in [3.05, 3.63) is 91.0 Å². The van der Waals surface area contributed by atoms with Gasteiger partial charge in [-0.15, -0.1) is 0 Å². The summed E-state index contributed by atoms with van der Waals surface area (Å²) < 4.78 is 23.7. The molecule has 4 aliphatic rings. The molecule has 0 unspecified atom stereocenters. The van der Waals surface area contributed by atoms with E-state index in [1.807, 2.05) is 0 Å². The molecule has 4 fully saturated rings. The van der Waals surface area contributed by atoms with Crippen LogP contribution < -0.4 is 32.9 Å². The fourth-order valence-electron chi connectivity index (χ4n) is 11.7. The minimum atomic E-state index is -1.91. The summed E-state index contributed by atoms with van der Waals surface area (Å²) in [7, 11) is -1.91. The van der Waals surface area contributed by atoms with Crippen LogP contribution in [0.3, 0.4) is 0 Å². The highest BCUT2D eigenvalue weighted by molar-refractivity contribution is 7.95. The fourth-order valence-corrected chi connectivity index (χ4v) is 15.8. The van der Waals surface area contributed by atoms with Gasteiger partial charge in [0.05, 0.1) is 51.2 Å². The van der Waals surface area contributed by atoms with Crippen molar-refractivity contribution in [3.8, 4) is 0 Å². The normalized spacial score (nSPS) is 30.2. The summed E-state index contributed by atoms with van der Waals surface area (Å²) in [5.41, 5.74) is -0.353. The molecule has 0 N–H and O–H groups in total. The monoisotopic (exact) mass is 818 g/mol. The molecular formula is C46H60BrO6P. The zero-order valence-corrected chi connectivity index (χ0v) is 35.1. The predicted molar refractivity (Wildman–Crippen MR) is 214 cm³/mol. The van der Waals surface area contributed by atoms with E-state index in [0.29, 0.717) is 57.3 Å². The molecule has 6 atom stereocenters. The van der Waals surface area contributed by atoms with Gasteiger partial charge in [-0.05, 0) is 111 Å². The first-order chi connectivity index (χ1) is 25.7. The highest BCUT2D eigenvalue weighted by Crippen LogP contribution is 2.73. The van der Waals surface area contributed by atoms with Crippen molar-refractivity contribution in [1.82, 2.24) is 0 Å². The molecule has 0 aliphatic heterocycles. The highest BCUT2D eigenvalue weighted by Gasteiger charge is 2.68. The molecule has 1 spiro atoms. The number of rotatable bonds is 16. The zero-order chi connectivity index (χ0) is 37.0. The molecule has 6 nitrogen and oxygen atoms in total. The van der Waals surface area contributed by atoms with Gasteiger partial charge in [-0.3, -0.25) is 9.59 Å². The van der Waals surface area contributed by atoms with E-state index in [0.717, 1.165) is 63.9 Å². The number of benzene rings is 3. The number of carbonyl (C=O) groups is 2. The zero-order valence-electron chi connectivity index (χ0n) is 32.6. The van der Waals surface area contributed by atoms with Gasteiger partial charge in [0.15, 0.2) is 0 Å². The van der Waals surface area contributed by atoms with E-state index in [-0.39, 0.29) is 45.8 Å². The lowest BCUT2D eigenvalue weighted by Gasteiger charge is -2.63. The van der Waals surface area contributed by atoms with Crippen molar-refractivity contribution in [2.24, 2.45) is 33.5 Å². The van der Waals surface area contributed by atoms with Crippen molar-refractivity contribution in [2.45, 2.75) is 78.6 Å². The van der Waals surface area contributed by atoms with E-state index in [1.165, 1.54) is 15.9 Å². The quantitative estimate of drug-likeness (QED) is 0.116. The van der Waals surface area contributed by atoms with Crippen LogP contribution in [0, 0.1) is 33.5 Å². The molecule has 3 aromatic rings. The minimum absolute atomic E-state index is 0. The molecule has 292 valence electrons. The Kier molecular flexibility index (Phi) is 13.3. The van der Waals surface area contributed by atoms with Gasteiger partial charge in [0.25, 0.3) is 0 Å². The van der Waals surface area contributed by atoms with Gasteiger partial charge >= 0.3 is 5.97 Å². The average molecular weight is 820 g/mol. The fraction of sp³-hybridized carbons (Fsp3) is 0.565. The molecular weight excluding hydrogens is 759 g/mol. The van der Waals surface area contributed by atoms with Crippen molar-refractivity contribution >= 4 is 34.9 Å². The van der Waals surface area contributed by atoms with Crippen molar-refractivity contribution in [1.29, 1.82) is 0 Å². The number of halogens is 1. The summed E-state index contributed by atoms with van der Waals surface area (Å²) >= 11 is 0. The van der Waals surface area contributed by atoms with Crippen molar-refractivity contribution < 1.29 is 45.5 Å². The van der Waals surface area contributed by atoms with Crippen molar-refractivity contribution in [3.63, 3.8) is 0 Å². The lowest BCUT2D eigenvalue weighted by Crippen LogP contribution is -3.00. The van der Waals surface area contributed by atoms with Crippen LogP contribution in [-0.4, -0.2) is 64.2 Å². The van der Waals surface area contributed by atoms with E-state index in [4.69, 9.17) is 18.9 Å². The molecule has 0 aromatic heterocycles. The second kappa shape index (κ2) is 17.4.